The largest absolute Gasteiger partial charge is 0.392 e. The number of carbonyl (C=O) groups is 1. The Morgan fingerprint density at radius 3 is 2.39 bits per heavy atom. The second-order valence-corrected chi connectivity index (χ2v) is 6.41. The molecule has 0 saturated heterocycles. The van der Waals surface area contributed by atoms with Crippen LogP contribution in [0, 0.1) is 10.8 Å². The molecule has 3 atom stereocenters. The SMILES string of the molecule is C[C@]1(O)C=C[C@@](C)([C@@]2(C)CC(=O)C=C2CO)CC1. The Labute approximate surface area is 108 Å². The smallest absolute Gasteiger partial charge is 0.156 e. The van der Waals surface area contributed by atoms with E-state index >= 15 is 0 Å². The predicted molar refractivity (Wildman–Crippen MR) is 70.0 cm³/mol. The summed E-state index contributed by atoms with van der Waals surface area (Å²) in [6, 6.07) is 0. The molecule has 0 spiro atoms. The van der Waals surface area contributed by atoms with Gasteiger partial charge in [-0.2, -0.15) is 0 Å². The van der Waals surface area contributed by atoms with Gasteiger partial charge in [-0.3, -0.25) is 4.79 Å². The Morgan fingerprint density at radius 1 is 1.22 bits per heavy atom. The number of hydrogen-bond donors (Lipinski definition) is 2. The normalized spacial score (nSPS) is 44.3. The fourth-order valence-electron chi connectivity index (χ4n) is 3.16. The van der Waals surface area contributed by atoms with Crippen molar-refractivity contribution in [1.82, 2.24) is 0 Å². The topological polar surface area (TPSA) is 57.5 Å². The maximum Gasteiger partial charge on any atom is 0.156 e. The summed E-state index contributed by atoms with van der Waals surface area (Å²) in [7, 11) is 0. The molecular weight excluding hydrogens is 228 g/mol. The van der Waals surface area contributed by atoms with Crippen molar-refractivity contribution in [3.8, 4) is 0 Å². The van der Waals surface area contributed by atoms with Crippen molar-refractivity contribution in [2.24, 2.45) is 10.8 Å². The first kappa shape index (κ1) is 13.5. The van der Waals surface area contributed by atoms with E-state index in [1.165, 1.54) is 0 Å². The fourth-order valence-corrected chi connectivity index (χ4v) is 3.16. The van der Waals surface area contributed by atoms with Crippen molar-refractivity contribution >= 4 is 5.78 Å². The molecule has 0 aromatic heterocycles. The molecule has 2 aliphatic rings. The van der Waals surface area contributed by atoms with E-state index < -0.39 is 5.60 Å². The van der Waals surface area contributed by atoms with Crippen molar-refractivity contribution in [2.75, 3.05) is 6.61 Å². The first-order valence-electron chi connectivity index (χ1n) is 6.50. The number of aliphatic hydroxyl groups is 2. The van der Waals surface area contributed by atoms with Crippen molar-refractivity contribution in [2.45, 2.75) is 45.6 Å². The summed E-state index contributed by atoms with van der Waals surface area (Å²) in [5.74, 6) is 0.0912. The van der Waals surface area contributed by atoms with Gasteiger partial charge in [0.25, 0.3) is 0 Å². The van der Waals surface area contributed by atoms with Gasteiger partial charge in [-0.05, 0) is 36.8 Å². The molecule has 0 bridgehead atoms. The average Bonchev–Trinajstić information content (AvgIpc) is 2.60. The number of ketones is 1. The zero-order valence-corrected chi connectivity index (χ0v) is 11.4. The van der Waals surface area contributed by atoms with Crippen LogP contribution in [0.3, 0.4) is 0 Å². The molecule has 2 rings (SSSR count). The van der Waals surface area contributed by atoms with E-state index in [9.17, 15) is 15.0 Å². The molecule has 2 N–H and O–H groups in total. The molecule has 0 saturated carbocycles. The molecule has 3 nitrogen and oxygen atoms in total. The Hall–Kier alpha value is -0.930. The third-order valence-corrected chi connectivity index (χ3v) is 4.96. The zero-order chi connectivity index (χ0) is 13.6. The third-order valence-electron chi connectivity index (χ3n) is 4.96. The van der Waals surface area contributed by atoms with Crippen LogP contribution < -0.4 is 0 Å². The second-order valence-electron chi connectivity index (χ2n) is 6.41. The highest BCUT2D eigenvalue weighted by molar-refractivity contribution is 5.94. The van der Waals surface area contributed by atoms with Crippen LogP contribution in [0.5, 0.6) is 0 Å². The van der Waals surface area contributed by atoms with Crippen LogP contribution in [-0.2, 0) is 4.79 Å². The van der Waals surface area contributed by atoms with Gasteiger partial charge in [-0.25, -0.2) is 0 Å². The molecule has 0 aromatic carbocycles. The quantitative estimate of drug-likeness (QED) is 0.737. The van der Waals surface area contributed by atoms with Crippen LogP contribution in [0.15, 0.2) is 23.8 Å². The number of aliphatic hydroxyl groups excluding tert-OH is 1. The van der Waals surface area contributed by atoms with Gasteiger partial charge in [-0.15, -0.1) is 0 Å². The molecule has 2 aliphatic carbocycles. The Morgan fingerprint density at radius 2 is 1.89 bits per heavy atom. The molecule has 0 aliphatic heterocycles. The monoisotopic (exact) mass is 250 g/mol. The van der Waals surface area contributed by atoms with Gasteiger partial charge in [-0.1, -0.05) is 26.0 Å². The summed E-state index contributed by atoms with van der Waals surface area (Å²) >= 11 is 0. The van der Waals surface area contributed by atoms with E-state index in [0.29, 0.717) is 12.8 Å². The van der Waals surface area contributed by atoms with Gasteiger partial charge in [0, 0.05) is 11.8 Å². The van der Waals surface area contributed by atoms with Crippen LogP contribution in [0.2, 0.25) is 0 Å². The maximum absolute atomic E-state index is 11.7. The summed E-state index contributed by atoms with van der Waals surface area (Å²) < 4.78 is 0. The minimum Gasteiger partial charge on any atom is -0.392 e. The fraction of sp³-hybridized carbons (Fsp3) is 0.667. The van der Waals surface area contributed by atoms with Crippen LogP contribution in [0.1, 0.15) is 40.0 Å². The lowest BCUT2D eigenvalue weighted by molar-refractivity contribution is -0.116. The summed E-state index contributed by atoms with van der Waals surface area (Å²) in [4.78, 5) is 11.7. The number of carbonyl (C=O) groups excluding carboxylic acids is 1. The molecule has 3 heteroatoms. The van der Waals surface area contributed by atoms with Crippen molar-refractivity contribution in [3.05, 3.63) is 23.8 Å². The first-order chi connectivity index (χ1) is 8.22. The molecule has 0 radical (unpaired) electrons. The predicted octanol–water partition coefficient (Wildman–Crippen LogP) is 1.99. The average molecular weight is 250 g/mol. The van der Waals surface area contributed by atoms with Gasteiger partial charge in [0.05, 0.1) is 12.2 Å². The van der Waals surface area contributed by atoms with E-state index in [-0.39, 0.29) is 23.2 Å². The van der Waals surface area contributed by atoms with Crippen LogP contribution >= 0.6 is 0 Å². The molecule has 0 fully saturated rings. The standard InChI is InChI=1S/C15H22O3/c1-13(4-6-14(2,18)7-5-13)15(3)9-12(17)8-11(15)10-16/h4,6,8,16,18H,5,7,9-10H2,1-3H3/t13-,14+,15+/m1/s1. The van der Waals surface area contributed by atoms with Gasteiger partial charge in [0.2, 0.25) is 0 Å². The molecule has 0 heterocycles. The summed E-state index contributed by atoms with van der Waals surface area (Å²) in [6.07, 6.45) is 7.40. The maximum atomic E-state index is 11.7. The van der Waals surface area contributed by atoms with Crippen LogP contribution in [0.4, 0.5) is 0 Å². The highest BCUT2D eigenvalue weighted by Gasteiger charge is 2.50. The number of allylic oxidation sites excluding steroid dienone is 2. The lowest BCUT2D eigenvalue weighted by Gasteiger charge is -2.47. The Balaban J connectivity index is 2.37. The molecule has 18 heavy (non-hydrogen) atoms. The minimum atomic E-state index is -0.748. The molecule has 0 amide bonds. The zero-order valence-electron chi connectivity index (χ0n) is 11.4. The van der Waals surface area contributed by atoms with Crippen molar-refractivity contribution in [1.29, 1.82) is 0 Å². The lowest BCUT2D eigenvalue weighted by Crippen LogP contribution is -2.42. The second kappa shape index (κ2) is 4.04. The van der Waals surface area contributed by atoms with E-state index in [0.717, 1.165) is 12.0 Å². The third kappa shape index (κ3) is 1.95. The summed E-state index contributed by atoms with van der Waals surface area (Å²) in [6.45, 7) is 5.89. The van der Waals surface area contributed by atoms with Crippen molar-refractivity contribution < 1.29 is 15.0 Å². The summed E-state index contributed by atoms with van der Waals surface area (Å²) in [5.41, 5.74) is -0.440. The Kier molecular flexibility index (Phi) is 3.03. The summed E-state index contributed by atoms with van der Waals surface area (Å²) in [5, 5.41) is 19.5. The van der Waals surface area contributed by atoms with E-state index in [1.54, 1.807) is 13.0 Å². The molecule has 100 valence electrons. The number of hydrogen-bond acceptors (Lipinski definition) is 3. The highest BCUT2D eigenvalue weighted by Crippen LogP contribution is 2.56. The van der Waals surface area contributed by atoms with Crippen LogP contribution in [-0.4, -0.2) is 28.2 Å². The van der Waals surface area contributed by atoms with Crippen LogP contribution in [0.25, 0.3) is 0 Å². The van der Waals surface area contributed by atoms with Crippen molar-refractivity contribution in [3.63, 3.8) is 0 Å². The van der Waals surface area contributed by atoms with E-state index in [1.807, 2.05) is 19.1 Å². The molecule has 0 unspecified atom stereocenters. The Bertz CT molecular complexity index is 433. The van der Waals surface area contributed by atoms with E-state index in [4.69, 9.17) is 0 Å². The van der Waals surface area contributed by atoms with Gasteiger partial charge < -0.3 is 10.2 Å². The lowest BCUT2D eigenvalue weighted by atomic mass is 9.57. The van der Waals surface area contributed by atoms with Gasteiger partial charge in [0.15, 0.2) is 5.78 Å². The number of rotatable bonds is 2. The van der Waals surface area contributed by atoms with E-state index in [2.05, 4.69) is 6.92 Å². The van der Waals surface area contributed by atoms with Gasteiger partial charge >= 0.3 is 0 Å². The highest BCUT2D eigenvalue weighted by atomic mass is 16.3. The first-order valence-corrected chi connectivity index (χ1v) is 6.50. The van der Waals surface area contributed by atoms with Gasteiger partial charge in [0.1, 0.15) is 0 Å². The minimum absolute atomic E-state index is 0.0674. The molecular formula is C15H22O3. The molecule has 0 aromatic rings.